The molecule has 0 aromatic heterocycles. The van der Waals surface area contributed by atoms with Crippen LogP contribution >= 0.6 is 0 Å². The molecule has 1 saturated carbocycles. The van der Waals surface area contributed by atoms with E-state index >= 15 is 0 Å². The van der Waals surface area contributed by atoms with Crippen molar-refractivity contribution in [3.8, 4) is 0 Å². The molecule has 1 aliphatic carbocycles. The first-order chi connectivity index (χ1) is 6.36. The first kappa shape index (κ1) is 10.7. The van der Waals surface area contributed by atoms with E-state index in [-0.39, 0.29) is 0 Å². The lowest BCUT2D eigenvalue weighted by Gasteiger charge is -2.17. The van der Waals surface area contributed by atoms with Crippen molar-refractivity contribution in [1.82, 2.24) is 10.2 Å². The monoisotopic (exact) mass is 182 g/mol. The summed E-state index contributed by atoms with van der Waals surface area (Å²) in [6, 6.07) is 0.856. The van der Waals surface area contributed by atoms with E-state index in [1.807, 2.05) is 6.08 Å². The Morgan fingerprint density at radius 3 is 2.85 bits per heavy atom. The fourth-order valence-electron chi connectivity index (χ4n) is 1.46. The van der Waals surface area contributed by atoms with Crippen LogP contribution < -0.4 is 5.32 Å². The summed E-state index contributed by atoms with van der Waals surface area (Å²) in [4.78, 5) is 2.42. The second kappa shape index (κ2) is 6.17. The van der Waals surface area contributed by atoms with E-state index < -0.39 is 0 Å². The average Bonchev–Trinajstić information content (AvgIpc) is 2.94. The predicted molar refractivity (Wildman–Crippen MR) is 58.0 cm³/mol. The van der Waals surface area contributed by atoms with Gasteiger partial charge in [0.05, 0.1) is 0 Å². The van der Waals surface area contributed by atoms with Crippen LogP contribution in [0.2, 0.25) is 0 Å². The van der Waals surface area contributed by atoms with E-state index in [1.165, 1.54) is 32.4 Å². The number of likely N-dealkylation sites (N-methyl/N-ethyl adjacent to an activating group) is 1. The van der Waals surface area contributed by atoms with E-state index in [1.54, 1.807) is 0 Å². The van der Waals surface area contributed by atoms with Gasteiger partial charge in [0.1, 0.15) is 0 Å². The van der Waals surface area contributed by atoms with Crippen LogP contribution in [0.5, 0.6) is 0 Å². The summed E-state index contributed by atoms with van der Waals surface area (Å²) in [5.74, 6) is 0. The van der Waals surface area contributed by atoms with E-state index in [0.29, 0.717) is 0 Å². The van der Waals surface area contributed by atoms with Crippen molar-refractivity contribution in [3.05, 3.63) is 12.7 Å². The van der Waals surface area contributed by atoms with Crippen molar-refractivity contribution in [2.45, 2.75) is 32.2 Å². The van der Waals surface area contributed by atoms with Gasteiger partial charge < -0.3 is 5.32 Å². The van der Waals surface area contributed by atoms with Crippen molar-refractivity contribution in [1.29, 1.82) is 0 Å². The molecule has 13 heavy (non-hydrogen) atoms. The summed E-state index contributed by atoms with van der Waals surface area (Å²) < 4.78 is 0. The second-order valence-electron chi connectivity index (χ2n) is 3.76. The van der Waals surface area contributed by atoms with Crippen molar-refractivity contribution < 1.29 is 0 Å². The molecule has 0 radical (unpaired) electrons. The summed E-state index contributed by atoms with van der Waals surface area (Å²) in [5, 5.41) is 3.53. The molecule has 2 heteroatoms. The minimum Gasteiger partial charge on any atom is -0.314 e. The van der Waals surface area contributed by atoms with E-state index in [4.69, 9.17) is 0 Å². The van der Waals surface area contributed by atoms with Crippen LogP contribution in [-0.2, 0) is 0 Å². The van der Waals surface area contributed by atoms with Crippen LogP contribution in [0.3, 0.4) is 0 Å². The molecule has 1 aliphatic rings. The third-order valence-corrected chi connectivity index (χ3v) is 2.50. The molecule has 0 amide bonds. The van der Waals surface area contributed by atoms with E-state index in [0.717, 1.165) is 19.1 Å². The Morgan fingerprint density at radius 2 is 2.31 bits per heavy atom. The Bertz CT molecular complexity index is 141. The number of hydrogen-bond donors (Lipinski definition) is 1. The van der Waals surface area contributed by atoms with Crippen LogP contribution in [0.25, 0.3) is 0 Å². The highest BCUT2D eigenvalue weighted by atomic mass is 15.1. The zero-order valence-corrected chi connectivity index (χ0v) is 8.76. The van der Waals surface area contributed by atoms with Gasteiger partial charge in [-0.2, -0.15) is 0 Å². The number of rotatable bonds is 8. The Hall–Kier alpha value is -0.340. The quantitative estimate of drug-likeness (QED) is 0.453. The zero-order chi connectivity index (χ0) is 9.52. The maximum absolute atomic E-state index is 3.76. The maximum atomic E-state index is 3.76. The van der Waals surface area contributed by atoms with Crippen LogP contribution in [0.15, 0.2) is 12.7 Å². The molecular formula is C11H22N2. The van der Waals surface area contributed by atoms with Gasteiger partial charge in [-0.15, -0.1) is 6.58 Å². The normalized spacial score (nSPS) is 16.5. The highest BCUT2D eigenvalue weighted by Gasteiger charge is 2.19. The molecule has 0 aliphatic heterocycles. The third kappa shape index (κ3) is 5.06. The van der Waals surface area contributed by atoms with E-state index in [9.17, 15) is 0 Å². The largest absolute Gasteiger partial charge is 0.314 e. The van der Waals surface area contributed by atoms with Crippen molar-refractivity contribution in [3.63, 3.8) is 0 Å². The lowest BCUT2D eigenvalue weighted by Crippen LogP contribution is -2.28. The van der Waals surface area contributed by atoms with Gasteiger partial charge in [0.2, 0.25) is 0 Å². The topological polar surface area (TPSA) is 15.3 Å². The summed E-state index contributed by atoms with van der Waals surface area (Å²) in [7, 11) is 0. The molecule has 0 unspecified atom stereocenters. The van der Waals surface area contributed by atoms with Gasteiger partial charge in [-0.25, -0.2) is 0 Å². The van der Waals surface area contributed by atoms with Crippen LogP contribution in [0.1, 0.15) is 26.2 Å². The summed E-state index contributed by atoms with van der Waals surface area (Å²) >= 11 is 0. The molecule has 0 spiro atoms. The highest BCUT2D eigenvalue weighted by molar-refractivity contribution is 4.80. The fraction of sp³-hybridized carbons (Fsp3) is 0.818. The second-order valence-corrected chi connectivity index (χ2v) is 3.76. The van der Waals surface area contributed by atoms with Crippen LogP contribution in [0.4, 0.5) is 0 Å². The zero-order valence-electron chi connectivity index (χ0n) is 8.76. The first-order valence-corrected chi connectivity index (χ1v) is 5.43. The minimum absolute atomic E-state index is 0.856. The van der Waals surface area contributed by atoms with Gasteiger partial charge >= 0.3 is 0 Å². The van der Waals surface area contributed by atoms with E-state index in [2.05, 4.69) is 23.7 Å². The molecule has 0 aromatic carbocycles. The molecular weight excluding hydrogens is 160 g/mol. The maximum Gasteiger partial charge on any atom is 0.0160 e. The Kier molecular flexibility index (Phi) is 5.09. The molecule has 76 valence electrons. The molecule has 0 saturated heterocycles. The third-order valence-electron chi connectivity index (χ3n) is 2.50. The average molecular weight is 182 g/mol. The smallest absolute Gasteiger partial charge is 0.0160 e. The van der Waals surface area contributed by atoms with Gasteiger partial charge in [-0.05, 0) is 38.9 Å². The van der Waals surface area contributed by atoms with Gasteiger partial charge in [0.15, 0.2) is 0 Å². The number of nitrogens with zero attached hydrogens (tertiary/aromatic N) is 1. The summed E-state index contributed by atoms with van der Waals surface area (Å²) in [6.45, 7) is 10.5. The molecule has 0 aromatic rings. The SMILES string of the molecule is C=CCN(CC)CCCNC1CC1. The summed E-state index contributed by atoms with van der Waals surface area (Å²) in [6.07, 6.45) is 6.03. The molecule has 0 atom stereocenters. The lowest BCUT2D eigenvalue weighted by atomic mass is 10.3. The highest BCUT2D eigenvalue weighted by Crippen LogP contribution is 2.18. The fourth-order valence-corrected chi connectivity index (χ4v) is 1.46. The van der Waals surface area contributed by atoms with Gasteiger partial charge in [-0.3, -0.25) is 4.90 Å². The lowest BCUT2D eigenvalue weighted by molar-refractivity contribution is 0.312. The number of hydrogen-bond acceptors (Lipinski definition) is 2. The van der Waals surface area contributed by atoms with Gasteiger partial charge in [0, 0.05) is 12.6 Å². The molecule has 1 N–H and O–H groups in total. The van der Waals surface area contributed by atoms with Crippen molar-refractivity contribution >= 4 is 0 Å². The van der Waals surface area contributed by atoms with Gasteiger partial charge in [0.25, 0.3) is 0 Å². The van der Waals surface area contributed by atoms with Crippen molar-refractivity contribution in [2.24, 2.45) is 0 Å². The summed E-state index contributed by atoms with van der Waals surface area (Å²) in [5.41, 5.74) is 0. The standard InChI is InChI=1S/C11H22N2/c1-3-9-13(4-2)10-5-8-12-11-6-7-11/h3,11-12H,1,4-10H2,2H3. The van der Waals surface area contributed by atoms with Gasteiger partial charge in [-0.1, -0.05) is 13.0 Å². The molecule has 1 rings (SSSR count). The first-order valence-electron chi connectivity index (χ1n) is 5.43. The predicted octanol–water partition coefficient (Wildman–Crippen LogP) is 1.64. The molecule has 0 heterocycles. The van der Waals surface area contributed by atoms with Crippen molar-refractivity contribution in [2.75, 3.05) is 26.2 Å². The molecule has 2 nitrogen and oxygen atoms in total. The Morgan fingerprint density at radius 1 is 1.54 bits per heavy atom. The Balaban J connectivity index is 1.91. The van der Waals surface area contributed by atoms with Crippen LogP contribution in [-0.4, -0.2) is 37.1 Å². The molecule has 0 bridgehead atoms. The number of nitrogens with one attached hydrogen (secondary N) is 1. The van der Waals surface area contributed by atoms with Crippen LogP contribution in [0, 0.1) is 0 Å². The minimum atomic E-state index is 0.856. The molecule has 1 fully saturated rings. The Labute approximate surface area is 82.0 Å².